The lowest BCUT2D eigenvalue weighted by Crippen LogP contribution is -2.25. The fraction of sp³-hybridized carbons (Fsp3) is 0.250. The molecule has 1 aromatic heterocycles. The third-order valence-corrected chi connectivity index (χ3v) is 6.37. The average Bonchev–Trinajstić information content (AvgIpc) is 3.25. The summed E-state index contributed by atoms with van der Waals surface area (Å²) in [5, 5.41) is 17.7. The number of amides is 1. The van der Waals surface area contributed by atoms with Crippen LogP contribution in [0.5, 0.6) is 0 Å². The third kappa shape index (κ3) is 5.54. The first kappa shape index (κ1) is 24.5. The molecule has 3 aromatic carbocycles. The molecule has 0 radical (unpaired) electrons. The molecule has 0 aliphatic rings. The second-order valence-corrected chi connectivity index (χ2v) is 9.08. The van der Waals surface area contributed by atoms with Crippen LogP contribution >= 0.6 is 11.6 Å². The van der Waals surface area contributed by atoms with Crippen LogP contribution in [0, 0.1) is 6.92 Å². The van der Waals surface area contributed by atoms with Gasteiger partial charge in [-0.05, 0) is 65.9 Å². The van der Waals surface area contributed by atoms with Crippen LogP contribution in [0.2, 0.25) is 5.02 Å². The minimum atomic E-state index is -0.944. The van der Waals surface area contributed by atoms with Crippen molar-refractivity contribution in [1.82, 2.24) is 15.1 Å². The molecule has 0 saturated carbocycles. The molecule has 0 spiro atoms. The normalized spacial score (nSPS) is 12.0. The second kappa shape index (κ2) is 10.7. The molecule has 4 rings (SSSR count). The van der Waals surface area contributed by atoms with E-state index in [4.69, 9.17) is 16.7 Å². The van der Waals surface area contributed by atoms with E-state index in [-0.39, 0.29) is 24.9 Å². The number of aliphatic carboxylic acids is 1. The maximum Gasteiger partial charge on any atom is 0.305 e. The molecule has 0 saturated heterocycles. The lowest BCUT2D eigenvalue weighted by atomic mass is 9.96. The highest BCUT2D eigenvalue weighted by Crippen LogP contribution is 2.31. The molecule has 1 heterocycles. The number of benzene rings is 3. The standard InChI is InChI=1S/C28H28ClN3O3/c1-3-4-25(20-7-5-19(6-8-20)24-11-10-23(29)15-18(24)2)32-26-12-9-21(16-22(26)17-31-32)28(35)30-14-13-27(33)34/h5-12,15-17,25H,3-4,13-14H2,1-2H3,(H,30,35)(H,33,34)/t25-/m1/s1. The van der Waals surface area contributed by atoms with E-state index in [0.717, 1.165) is 45.5 Å². The van der Waals surface area contributed by atoms with Crippen molar-refractivity contribution in [2.45, 2.75) is 39.2 Å². The smallest absolute Gasteiger partial charge is 0.305 e. The largest absolute Gasteiger partial charge is 0.481 e. The predicted octanol–water partition coefficient (Wildman–Crippen LogP) is 6.26. The fourth-order valence-electron chi connectivity index (χ4n) is 4.37. The van der Waals surface area contributed by atoms with Gasteiger partial charge in [-0.3, -0.25) is 14.3 Å². The van der Waals surface area contributed by atoms with Gasteiger partial charge < -0.3 is 10.4 Å². The lowest BCUT2D eigenvalue weighted by molar-refractivity contribution is -0.136. The van der Waals surface area contributed by atoms with Gasteiger partial charge in [0.2, 0.25) is 0 Å². The van der Waals surface area contributed by atoms with Gasteiger partial charge >= 0.3 is 5.97 Å². The Morgan fingerprint density at radius 1 is 1.09 bits per heavy atom. The van der Waals surface area contributed by atoms with Crippen molar-refractivity contribution in [3.63, 3.8) is 0 Å². The van der Waals surface area contributed by atoms with Crippen molar-refractivity contribution >= 4 is 34.4 Å². The Balaban J connectivity index is 1.60. The van der Waals surface area contributed by atoms with Crippen LogP contribution in [0.4, 0.5) is 0 Å². The highest BCUT2D eigenvalue weighted by Gasteiger charge is 2.18. The molecule has 0 bridgehead atoms. The first-order valence-corrected chi connectivity index (χ1v) is 12.1. The minimum Gasteiger partial charge on any atom is -0.481 e. The van der Waals surface area contributed by atoms with E-state index in [1.54, 1.807) is 18.3 Å². The number of carboxylic acid groups (broad SMARTS) is 1. The minimum absolute atomic E-state index is 0.0631. The van der Waals surface area contributed by atoms with Gasteiger partial charge in [0, 0.05) is 22.5 Å². The maximum atomic E-state index is 12.4. The Labute approximate surface area is 209 Å². The number of rotatable bonds is 9. The van der Waals surface area contributed by atoms with Gasteiger partial charge in [0.05, 0.1) is 24.2 Å². The molecule has 2 N–H and O–H groups in total. The zero-order valence-electron chi connectivity index (χ0n) is 19.8. The van der Waals surface area contributed by atoms with Crippen LogP contribution in [0.1, 0.15) is 53.7 Å². The Kier molecular flexibility index (Phi) is 7.51. The first-order chi connectivity index (χ1) is 16.9. The Morgan fingerprint density at radius 2 is 1.86 bits per heavy atom. The first-order valence-electron chi connectivity index (χ1n) is 11.7. The van der Waals surface area contributed by atoms with Crippen LogP contribution in [0.25, 0.3) is 22.0 Å². The zero-order chi connectivity index (χ0) is 24.9. The number of hydrogen-bond acceptors (Lipinski definition) is 3. The number of nitrogens with zero attached hydrogens (tertiary/aromatic N) is 2. The number of fused-ring (bicyclic) bond motifs is 1. The summed E-state index contributed by atoms with van der Waals surface area (Å²) in [4.78, 5) is 23.1. The molecule has 35 heavy (non-hydrogen) atoms. The summed E-state index contributed by atoms with van der Waals surface area (Å²) in [7, 11) is 0. The van der Waals surface area contributed by atoms with Gasteiger partial charge in [0.25, 0.3) is 5.91 Å². The molecule has 1 atom stereocenters. The summed E-state index contributed by atoms with van der Waals surface area (Å²) in [6, 6.07) is 20.0. The van der Waals surface area contributed by atoms with Gasteiger partial charge in [-0.15, -0.1) is 0 Å². The van der Waals surface area contributed by atoms with Crippen molar-refractivity contribution in [2.75, 3.05) is 6.54 Å². The Morgan fingerprint density at radius 3 is 2.54 bits per heavy atom. The number of carbonyl (C=O) groups is 2. The summed E-state index contributed by atoms with van der Waals surface area (Å²) in [6.07, 6.45) is 3.58. The fourth-order valence-corrected chi connectivity index (χ4v) is 4.59. The van der Waals surface area contributed by atoms with Crippen molar-refractivity contribution in [2.24, 2.45) is 0 Å². The van der Waals surface area contributed by atoms with Gasteiger partial charge in [-0.2, -0.15) is 5.10 Å². The molecular formula is C28H28ClN3O3. The Bertz CT molecular complexity index is 1360. The number of halogens is 1. The molecule has 0 fully saturated rings. The predicted molar refractivity (Wildman–Crippen MR) is 139 cm³/mol. The van der Waals surface area contributed by atoms with Crippen LogP contribution in [0.15, 0.2) is 66.9 Å². The number of carbonyl (C=O) groups excluding carboxylic acids is 1. The molecule has 1 amide bonds. The molecule has 0 aliphatic heterocycles. The van der Waals surface area contributed by atoms with Crippen LogP contribution in [0.3, 0.4) is 0 Å². The lowest BCUT2D eigenvalue weighted by Gasteiger charge is -2.19. The summed E-state index contributed by atoms with van der Waals surface area (Å²) in [6.45, 7) is 4.31. The zero-order valence-corrected chi connectivity index (χ0v) is 20.5. The second-order valence-electron chi connectivity index (χ2n) is 8.65. The van der Waals surface area contributed by atoms with Crippen LogP contribution < -0.4 is 5.32 Å². The third-order valence-electron chi connectivity index (χ3n) is 6.13. The Hall–Kier alpha value is -3.64. The SMILES string of the molecule is CCC[C@H](c1ccc(-c2ccc(Cl)cc2C)cc1)n1ncc2cc(C(=O)NCCC(=O)O)ccc21. The highest BCUT2D eigenvalue weighted by molar-refractivity contribution is 6.30. The molecule has 6 nitrogen and oxygen atoms in total. The topological polar surface area (TPSA) is 84.2 Å². The maximum absolute atomic E-state index is 12.4. The number of nitrogens with one attached hydrogen (secondary N) is 1. The van der Waals surface area contributed by atoms with Crippen molar-refractivity contribution in [3.8, 4) is 11.1 Å². The summed E-state index contributed by atoms with van der Waals surface area (Å²) >= 11 is 6.12. The van der Waals surface area contributed by atoms with Crippen LogP contribution in [-0.4, -0.2) is 33.3 Å². The van der Waals surface area contributed by atoms with E-state index < -0.39 is 5.97 Å². The molecule has 4 aromatic rings. The highest BCUT2D eigenvalue weighted by atomic mass is 35.5. The van der Waals surface area contributed by atoms with Crippen molar-refractivity contribution in [3.05, 3.63) is 88.6 Å². The number of aryl methyl sites for hydroxylation is 1. The van der Waals surface area contributed by atoms with Crippen LogP contribution in [-0.2, 0) is 4.79 Å². The van der Waals surface area contributed by atoms with E-state index in [1.165, 1.54) is 5.56 Å². The van der Waals surface area contributed by atoms with E-state index >= 15 is 0 Å². The molecule has 0 unspecified atom stereocenters. The van der Waals surface area contributed by atoms with Crippen molar-refractivity contribution < 1.29 is 14.7 Å². The van der Waals surface area contributed by atoms with Gasteiger partial charge in [-0.1, -0.05) is 55.3 Å². The van der Waals surface area contributed by atoms with Gasteiger partial charge in [-0.25, -0.2) is 0 Å². The molecular weight excluding hydrogens is 462 g/mol. The molecule has 7 heteroatoms. The number of aromatic nitrogens is 2. The summed E-state index contributed by atoms with van der Waals surface area (Å²) < 4.78 is 2.02. The molecule has 180 valence electrons. The monoisotopic (exact) mass is 489 g/mol. The average molecular weight is 490 g/mol. The quantitative estimate of drug-likeness (QED) is 0.290. The van der Waals surface area contributed by atoms with E-state index in [9.17, 15) is 9.59 Å². The van der Waals surface area contributed by atoms with E-state index in [2.05, 4.69) is 48.5 Å². The van der Waals surface area contributed by atoms with Crippen molar-refractivity contribution in [1.29, 1.82) is 0 Å². The van der Waals surface area contributed by atoms with E-state index in [0.29, 0.717) is 5.56 Å². The summed E-state index contributed by atoms with van der Waals surface area (Å²) in [5.41, 5.74) is 6.04. The van der Waals surface area contributed by atoms with Gasteiger partial charge in [0.1, 0.15) is 0 Å². The van der Waals surface area contributed by atoms with Gasteiger partial charge in [0.15, 0.2) is 0 Å². The van der Waals surface area contributed by atoms with E-state index in [1.807, 2.05) is 28.9 Å². The number of hydrogen-bond donors (Lipinski definition) is 2. The number of carboxylic acids is 1. The molecule has 0 aliphatic carbocycles. The summed E-state index contributed by atoms with van der Waals surface area (Å²) in [5.74, 6) is -1.24.